The third-order valence-corrected chi connectivity index (χ3v) is 2.70. The van der Waals surface area contributed by atoms with Crippen molar-refractivity contribution in [1.82, 2.24) is 0 Å². The van der Waals surface area contributed by atoms with E-state index in [1.807, 2.05) is 0 Å². The zero-order valence-corrected chi connectivity index (χ0v) is 11.1. The molecular formula is C15H14F2N2O2. The summed E-state index contributed by atoms with van der Waals surface area (Å²) in [5.74, 6) is -1.97. The van der Waals surface area contributed by atoms with Crippen LogP contribution in [0.2, 0.25) is 0 Å². The number of nitrogens with two attached hydrogens (primary N) is 1. The molecule has 0 radical (unpaired) electrons. The second-order valence-corrected chi connectivity index (χ2v) is 4.32. The van der Waals surface area contributed by atoms with E-state index in [0.29, 0.717) is 11.4 Å². The number of carbonyl (C=O) groups is 1. The van der Waals surface area contributed by atoms with E-state index < -0.39 is 17.5 Å². The number of hydrogen-bond donors (Lipinski definition) is 2. The summed E-state index contributed by atoms with van der Waals surface area (Å²) < 4.78 is 31.7. The zero-order valence-electron chi connectivity index (χ0n) is 11.1. The van der Waals surface area contributed by atoms with Gasteiger partial charge in [-0.25, -0.2) is 8.78 Å². The molecule has 0 heterocycles. The van der Waals surface area contributed by atoms with Crippen molar-refractivity contribution in [2.75, 3.05) is 17.7 Å². The smallest absolute Gasteiger partial charge is 0.227 e. The molecule has 0 saturated heterocycles. The van der Waals surface area contributed by atoms with Crippen LogP contribution in [0.15, 0.2) is 42.5 Å². The fraction of sp³-hybridized carbons (Fsp3) is 0.133. The maximum Gasteiger partial charge on any atom is 0.227 e. The van der Waals surface area contributed by atoms with Crippen molar-refractivity contribution >= 4 is 17.3 Å². The number of carbonyl (C=O) groups excluding carboxylic acids is 1. The molecule has 6 heteroatoms. The highest BCUT2D eigenvalue weighted by atomic mass is 19.2. The molecule has 2 aromatic rings. The molecule has 0 aromatic heterocycles. The fourth-order valence-electron chi connectivity index (χ4n) is 1.64. The average molecular weight is 292 g/mol. The van der Waals surface area contributed by atoms with Gasteiger partial charge in [-0.1, -0.05) is 6.07 Å². The average Bonchev–Trinajstić information content (AvgIpc) is 2.46. The van der Waals surface area contributed by atoms with Gasteiger partial charge in [0.15, 0.2) is 11.6 Å². The van der Waals surface area contributed by atoms with Crippen molar-refractivity contribution < 1.29 is 18.3 Å². The van der Waals surface area contributed by atoms with Gasteiger partial charge in [0.2, 0.25) is 5.91 Å². The molecule has 110 valence electrons. The molecular weight excluding hydrogens is 278 g/mol. The molecule has 0 spiro atoms. The number of hydrogen-bond acceptors (Lipinski definition) is 3. The van der Waals surface area contributed by atoms with Crippen LogP contribution in [0.25, 0.3) is 0 Å². The number of rotatable bonds is 5. The van der Waals surface area contributed by atoms with Gasteiger partial charge in [0.25, 0.3) is 0 Å². The molecule has 2 rings (SSSR count). The van der Waals surface area contributed by atoms with Crippen LogP contribution in [0.1, 0.15) is 6.42 Å². The third kappa shape index (κ3) is 4.17. The van der Waals surface area contributed by atoms with Crippen LogP contribution in [-0.2, 0) is 4.79 Å². The lowest BCUT2D eigenvalue weighted by molar-refractivity contribution is -0.116. The molecule has 0 aliphatic heterocycles. The summed E-state index contributed by atoms with van der Waals surface area (Å²) in [6, 6.07) is 10.3. The molecule has 2 aromatic carbocycles. The number of benzene rings is 2. The SMILES string of the molecule is Nc1ccc(OCCC(=O)Nc2cccc(F)c2F)cc1. The first kappa shape index (κ1) is 14.8. The molecule has 0 fully saturated rings. The predicted octanol–water partition coefficient (Wildman–Crippen LogP) is 2.95. The van der Waals surface area contributed by atoms with Crippen LogP contribution in [0.3, 0.4) is 0 Å². The van der Waals surface area contributed by atoms with Crippen LogP contribution in [0.5, 0.6) is 5.75 Å². The summed E-state index contributed by atoms with van der Waals surface area (Å²) in [6.45, 7) is 0.118. The van der Waals surface area contributed by atoms with Gasteiger partial charge in [-0.05, 0) is 36.4 Å². The topological polar surface area (TPSA) is 64.3 Å². The van der Waals surface area contributed by atoms with E-state index in [4.69, 9.17) is 10.5 Å². The van der Waals surface area contributed by atoms with Crippen molar-refractivity contribution in [3.05, 3.63) is 54.1 Å². The van der Waals surface area contributed by atoms with Gasteiger partial charge in [-0.2, -0.15) is 0 Å². The summed E-state index contributed by atoms with van der Waals surface area (Å²) in [4.78, 5) is 11.6. The lowest BCUT2D eigenvalue weighted by Crippen LogP contribution is -2.16. The quantitative estimate of drug-likeness (QED) is 0.833. The van der Waals surface area contributed by atoms with Crippen molar-refractivity contribution in [2.24, 2.45) is 0 Å². The van der Waals surface area contributed by atoms with Crippen molar-refractivity contribution in [3.8, 4) is 5.75 Å². The Bertz CT molecular complexity index is 630. The zero-order chi connectivity index (χ0) is 15.2. The van der Waals surface area contributed by atoms with E-state index in [2.05, 4.69) is 5.32 Å². The Morgan fingerprint density at radius 2 is 1.86 bits per heavy atom. The Morgan fingerprint density at radius 1 is 1.14 bits per heavy atom. The normalized spacial score (nSPS) is 10.2. The Kier molecular flexibility index (Phi) is 4.71. The minimum absolute atomic E-state index is 0.0142. The fourth-order valence-corrected chi connectivity index (χ4v) is 1.64. The van der Waals surface area contributed by atoms with E-state index in [1.54, 1.807) is 24.3 Å². The number of anilines is 2. The van der Waals surface area contributed by atoms with Gasteiger partial charge < -0.3 is 15.8 Å². The molecule has 0 bridgehead atoms. The predicted molar refractivity (Wildman–Crippen MR) is 76.0 cm³/mol. The Labute approximate surface area is 120 Å². The van der Waals surface area contributed by atoms with Gasteiger partial charge in [-0.3, -0.25) is 4.79 Å². The standard InChI is InChI=1S/C15H14F2N2O2/c16-12-2-1-3-13(15(12)17)19-14(20)8-9-21-11-6-4-10(18)5-7-11/h1-7H,8-9,18H2,(H,19,20). The minimum atomic E-state index is -1.08. The maximum absolute atomic E-state index is 13.4. The van der Waals surface area contributed by atoms with Crippen molar-refractivity contribution in [1.29, 1.82) is 0 Å². The van der Waals surface area contributed by atoms with E-state index in [9.17, 15) is 13.6 Å². The minimum Gasteiger partial charge on any atom is -0.493 e. The molecule has 0 atom stereocenters. The summed E-state index contributed by atoms with van der Waals surface area (Å²) in [5.41, 5.74) is 5.96. The molecule has 0 aliphatic carbocycles. The van der Waals surface area contributed by atoms with Crippen LogP contribution in [0, 0.1) is 11.6 Å². The highest BCUT2D eigenvalue weighted by Gasteiger charge is 2.10. The van der Waals surface area contributed by atoms with E-state index in [0.717, 1.165) is 6.07 Å². The molecule has 0 unspecified atom stereocenters. The lowest BCUT2D eigenvalue weighted by Gasteiger charge is -2.08. The van der Waals surface area contributed by atoms with Gasteiger partial charge in [0.1, 0.15) is 5.75 Å². The van der Waals surface area contributed by atoms with Crippen LogP contribution in [0.4, 0.5) is 20.2 Å². The lowest BCUT2D eigenvalue weighted by atomic mass is 10.3. The summed E-state index contributed by atoms with van der Waals surface area (Å²) in [6.07, 6.45) is 0.0142. The number of ether oxygens (including phenoxy) is 1. The Balaban J connectivity index is 1.82. The first-order chi connectivity index (χ1) is 10.1. The molecule has 3 N–H and O–H groups in total. The second-order valence-electron chi connectivity index (χ2n) is 4.32. The van der Waals surface area contributed by atoms with Gasteiger partial charge in [-0.15, -0.1) is 0 Å². The highest BCUT2D eigenvalue weighted by Crippen LogP contribution is 2.17. The monoisotopic (exact) mass is 292 g/mol. The molecule has 21 heavy (non-hydrogen) atoms. The second kappa shape index (κ2) is 6.69. The van der Waals surface area contributed by atoms with E-state index >= 15 is 0 Å². The summed E-state index contributed by atoms with van der Waals surface area (Å²) in [5, 5.41) is 2.29. The molecule has 1 amide bonds. The van der Waals surface area contributed by atoms with Gasteiger partial charge in [0.05, 0.1) is 18.7 Å². The first-order valence-electron chi connectivity index (χ1n) is 6.28. The van der Waals surface area contributed by atoms with Gasteiger partial charge >= 0.3 is 0 Å². The van der Waals surface area contributed by atoms with Crippen LogP contribution >= 0.6 is 0 Å². The molecule has 0 aliphatic rings. The van der Waals surface area contributed by atoms with Crippen molar-refractivity contribution in [3.63, 3.8) is 0 Å². The Hall–Kier alpha value is -2.63. The highest BCUT2D eigenvalue weighted by molar-refractivity contribution is 5.90. The third-order valence-electron chi connectivity index (χ3n) is 2.70. The van der Waals surface area contributed by atoms with Crippen LogP contribution < -0.4 is 15.8 Å². The van der Waals surface area contributed by atoms with E-state index in [-0.39, 0.29) is 18.7 Å². The maximum atomic E-state index is 13.4. The number of nitrogens with one attached hydrogen (secondary N) is 1. The molecule has 4 nitrogen and oxygen atoms in total. The number of nitrogen functional groups attached to an aromatic ring is 1. The van der Waals surface area contributed by atoms with Gasteiger partial charge in [0, 0.05) is 5.69 Å². The van der Waals surface area contributed by atoms with Crippen LogP contribution in [-0.4, -0.2) is 12.5 Å². The first-order valence-corrected chi connectivity index (χ1v) is 6.28. The Morgan fingerprint density at radius 3 is 2.57 bits per heavy atom. The van der Waals surface area contributed by atoms with Crippen molar-refractivity contribution in [2.45, 2.75) is 6.42 Å². The number of halogens is 2. The largest absolute Gasteiger partial charge is 0.493 e. The summed E-state index contributed by atoms with van der Waals surface area (Å²) >= 11 is 0. The van der Waals surface area contributed by atoms with E-state index in [1.165, 1.54) is 12.1 Å². The number of amides is 1. The molecule has 0 saturated carbocycles. The summed E-state index contributed by atoms with van der Waals surface area (Å²) in [7, 11) is 0.